The molecule has 0 bridgehead atoms. The molecule has 1 aromatic heterocycles. The summed E-state index contributed by atoms with van der Waals surface area (Å²) in [6.07, 6.45) is 3.05. The lowest BCUT2D eigenvalue weighted by Gasteiger charge is -2.23. The molecule has 1 unspecified atom stereocenters. The summed E-state index contributed by atoms with van der Waals surface area (Å²) in [5.41, 5.74) is -1.13. The summed E-state index contributed by atoms with van der Waals surface area (Å²) in [5.74, 6) is -0.942. The Balaban J connectivity index is 2.31. The third-order valence-corrected chi connectivity index (χ3v) is 2.69. The second kappa shape index (κ2) is 4.46. The number of amides is 1. The van der Waals surface area contributed by atoms with Gasteiger partial charge >= 0.3 is 5.97 Å². The van der Waals surface area contributed by atoms with Crippen LogP contribution in [0, 0.1) is 0 Å². The number of rotatable bonds is 4. The first-order valence-corrected chi connectivity index (χ1v) is 5.18. The van der Waals surface area contributed by atoms with E-state index in [1.807, 2.05) is 0 Å². The van der Waals surface area contributed by atoms with Crippen LogP contribution in [0.1, 0.15) is 18.7 Å². The van der Waals surface area contributed by atoms with Crippen molar-refractivity contribution in [2.75, 3.05) is 6.67 Å². The maximum absolute atomic E-state index is 11.9. The van der Waals surface area contributed by atoms with E-state index in [-0.39, 0.29) is 25.4 Å². The Hall–Kier alpha value is -2.02. The van der Waals surface area contributed by atoms with Crippen LogP contribution in [-0.2, 0) is 15.1 Å². The summed E-state index contributed by atoms with van der Waals surface area (Å²) in [6, 6.07) is 1.64. The van der Waals surface area contributed by atoms with E-state index in [2.05, 4.69) is 20.6 Å². The summed E-state index contributed by atoms with van der Waals surface area (Å²) in [4.78, 5) is 30.6. The molecule has 1 atom stereocenters. The molecule has 1 aromatic rings. The summed E-state index contributed by atoms with van der Waals surface area (Å²) >= 11 is 0. The van der Waals surface area contributed by atoms with E-state index in [9.17, 15) is 9.59 Å². The number of nitrogens with one attached hydrogen (secondary N) is 2. The van der Waals surface area contributed by atoms with Crippen LogP contribution in [0.25, 0.3) is 0 Å². The highest BCUT2D eigenvalue weighted by molar-refractivity contribution is 5.89. The van der Waals surface area contributed by atoms with Gasteiger partial charge in [-0.25, -0.2) is 9.97 Å². The van der Waals surface area contributed by atoms with Crippen molar-refractivity contribution in [1.82, 2.24) is 20.6 Å². The van der Waals surface area contributed by atoms with E-state index in [1.165, 1.54) is 12.4 Å². The smallest absolute Gasteiger partial charge is 0.303 e. The largest absolute Gasteiger partial charge is 0.481 e. The first-order chi connectivity index (χ1) is 8.15. The minimum absolute atomic E-state index is 0.123. The van der Waals surface area contributed by atoms with Crippen molar-refractivity contribution >= 4 is 11.9 Å². The Morgan fingerprint density at radius 3 is 2.71 bits per heavy atom. The Morgan fingerprint density at radius 2 is 2.18 bits per heavy atom. The Labute approximate surface area is 97.3 Å². The van der Waals surface area contributed by atoms with Gasteiger partial charge in [-0.2, -0.15) is 0 Å². The molecule has 0 radical (unpaired) electrons. The molecule has 7 nitrogen and oxygen atoms in total. The summed E-state index contributed by atoms with van der Waals surface area (Å²) in [5, 5.41) is 14.3. The molecule has 1 fully saturated rings. The molecule has 1 saturated heterocycles. The van der Waals surface area contributed by atoms with E-state index in [4.69, 9.17) is 5.11 Å². The highest BCUT2D eigenvalue weighted by Crippen LogP contribution is 2.26. The number of carbonyl (C=O) groups excluding carboxylic acids is 1. The van der Waals surface area contributed by atoms with Crippen LogP contribution in [0.15, 0.2) is 18.5 Å². The van der Waals surface area contributed by atoms with E-state index in [0.717, 1.165) is 0 Å². The van der Waals surface area contributed by atoms with Crippen molar-refractivity contribution in [2.24, 2.45) is 0 Å². The lowest BCUT2D eigenvalue weighted by Crippen LogP contribution is -2.45. The normalized spacial score (nSPS) is 23.4. The topological polar surface area (TPSA) is 104 Å². The SMILES string of the molecule is O=C(O)CCC1(c2ncccn2)NCNC1=O. The number of aliphatic carboxylic acids is 1. The van der Waals surface area contributed by atoms with Crippen molar-refractivity contribution in [3.8, 4) is 0 Å². The number of carbonyl (C=O) groups is 2. The number of aromatic nitrogens is 2. The molecule has 90 valence electrons. The molecule has 2 rings (SSSR count). The number of hydrogen-bond donors (Lipinski definition) is 3. The highest BCUT2D eigenvalue weighted by Gasteiger charge is 2.46. The molecule has 0 aliphatic carbocycles. The second-order valence-corrected chi connectivity index (χ2v) is 3.73. The van der Waals surface area contributed by atoms with Gasteiger partial charge in [0.05, 0.1) is 6.67 Å². The van der Waals surface area contributed by atoms with Crippen LogP contribution in [0.5, 0.6) is 0 Å². The maximum atomic E-state index is 11.9. The van der Waals surface area contributed by atoms with Gasteiger partial charge < -0.3 is 10.4 Å². The van der Waals surface area contributed by atoms with Crippen molar-refractivity contribution in [1.29, 1.82) is 0 Å². The highest BCUT2D eigenvalue weighted by atomic mass is 16.4. The van der Waals surface area contributed by atoms with Gasteiger partial charge in [0.15, 0.2) is 11.4 Å². The zero-order valence-corrected chi connectivity index (χ0v) is 9.01. The predicted molar refractivity (Wildman–Crippen MR) is 56.7 cm³/mol. The number of hydrogen-bond acceptors (Lipinski definition) is 5. The molecule has 1 aliphatic rings. The maximum Gasteiger partial charge on any atom is 0.303 e. The van der Waals surface area contributed by atoms with Crippen LogP contribution in [0.2, 0.25) is 0 Å². The van der Waals surface area contributed by atoms with Gasteiger partial charge in [0.2, 0.25) is 5.91 Å². The zero-order chi connectivity index (χ0) is 12.3. The van der Waals surface area contributed by atoms with E-state index >= 15 is 0 Å². The summed E-state index contributed by atoms with van der Waals surface area (Å²) in [6.45, 7) is 0.288. The Bertz CT molecular complexity index is 436. The third-order valence-electron chi connectivity index (χ3n) is 2.69. The molecular weight excluding hydrogens is 224 g/mol. The lowest BCUT2D eigenvalue weighted by atomic mass is 9.92. The van der Waals surface area contributed by atoms with Gasteiger partial charge in [-0.05, 0) is 12.5 Å². The fourth-order valence-corrected chi connectivity index (χ4v) is 1.81. The third kappa shape index (κ3) is 2.09. The van der Waals surface area contributed by atoms with Crippen molar-refractivity contribution in [3.63, 3.8) is 0 Å². The van der Waals surface area contributed by atoms with E-state index in [0.29, 0.717) is 5.82 Å². The molecule has 17 heavy (non-hydrogen) atoms. The van der Waals surface area contributed by atoms with Gasteiger partial charge in [-0.3, -0.25) is 14.9 Å². The first-order valence-electron chi connectivity index (χ1n) is 5.18. The quantitative estimate of drug-likeness (QED) is 0.633. The summed E-state index contributed by atoms with van der Waals surface area (Å²) in [7, 11) is 0. The first kappa shape index (κ1) is 11.5. The number of carboxylic acid groups (broad SMARTS) is 1. The molecule has 0 aromatic carbocycles. The van der Waals surface area contributed by atoms with E-state index < -0.39 is 11.5 Å². The van der Waals surface area contributed by atoms with Gasteiger partial charge in [-0.1, -0.05) is 0 Å². The predicted octanol–water partition coefficient (Wildman–Crippen LogP) is -0.786. The van der Waals surface area contributed by atoms with E-state index in [1.54, 1.807) is 6.07 Å². The molecule has 1 amide bonds. The average Bonchev–Trinajstić information content (AvgIpc) is 2.70. The molecule has 0 saturated carbocycles. The molecule has 2 heterocycles. The van der Waals surface area contributed by atoms with Crippen molar-refractivity contribution in [2.45, 2.75) is 18.4 Å². The van der Waals surface area contributed by atoms with Crippen LogP contribution < -0.4 is 10.6 Å². The van der Waals surface area contributed by atoms with Gasteiger partial charge in [-0.15, -0.1) is 0 Å². The monoisotopic (exact) mass is 236 g/mol. The van der Waals surface area contributed by atoms with Crippen molar-refractivity contribution in [3.05, 3.63) is 24.3 Å². The zero-order valence-electron chi connectivity index (χ0n) is 9.01. The van der Waals surface area contributed by atoms with Crippen LogP contribution >= 0.6 is 0 Å². The Morgan fingerprint density at radius 1 is 1.47 bits per heavy atom. The summed E-state index contributed by atoms with van der Waals surface area (Å²) < 4.78 is 0. The molecule has 3 N–H and O–H groups in total. The molecule has 7 heteroatoms. The fraction of sp³-hybridized carbons (Fsp3) is 0.400. The Kier molecular flexibility index (Phi) is 3.01. The average molecular weight is 236 g/mol. The van der Waals surface area contributed by atoms with Crippen LogP contribution in [0.4, 0.5) is 0 Å². The van der Waals surface area contributed by atoms with Gasteiger partial charge in [0.25, 0.3) is 0 Å². The van der Waals surface area contributed by atoms with Gasteiger partial charge in [0.1, 0.15) is 0 Å². The minimum atomic E-state index is -1.13. The fourth-order valence-electron chi connectivity index (χ4n) is 1.81. The number of nitrogens with zero attached hydrogens (tertiary/aromatic N) is 2. The lowest BCUT2D eigenvalue weighted by molar-refractivity contribution is -0.137. The molecule has 1 aliphatic heterocycles. The van der Waals surface area contributed by atoms with Gasteiger partial charge in [0, 0.05) is 18.8 Å². The number of carboxylic acids is 1. The minimum Gasteiger partial charge on any atom is -0.481 e. The second-order valence-electron chi connectivity index (χ2n) is 3.73. The standard InChI is InChI=1S/C10H12N4O3/c15-7(16)2-3-10(9(17)13-6-14-10)8-11-4-1-5-12-8/h1,4-5,14H,2-3,6H2,(H,13,17)(H,15,16). The molecular formula is C10H12N4O3. The van der Waals surface area contributed by atoms with Crippen LogP contribution in [-0.4, -0.2) is 33.6 Å². The van der Waals surface area contributed by atoms with Crippen LogP contribution in [0.3, 0.4) is 0 Å². The molecule has 0 spiro atoms. The van der Waals surface area contributed by atoms with Crippen molar-refractivity contribution < 1.29 is 14.7 Å².